The van der Waals surface area contributed by atoms with Crippen molar-refractivity contribution in [1.82, 2.24) is 24.8 Å². The highest BCUT2D eigenvalue weighted by Crippen LogP contribution is 2.33. The molecule has 0 spiro atoms. The number of halogens is 3. The lowest BCUT2D eigenvalue weighted by molar-refractivity contribution is -0.142. The minimum absolute atomic E-state index is 0.0761. The third-order valence-corrected chi connectivity index (χ3v) is 8.77. The standard InChI is InChI=1S/C26H27Br2ClN6O2/c1-26(2,23-16-35(31-30-23)22-8-7-17(27)15-20(22)29)33-13-11-32(12-14-33)24(36)18-9-10-34(25(18)37)21-6-4-3-5-19(21)28/h3-8,15-16,18H,9-14H2,1-2H3. The lowest BCUT2D eigenvalue weighted by Crippen LogP contribution is -2.56. The number of hydrogen-bond donors (Lipinski definition) is 0. The van der Waals surface area contributed by atoms with E-state index in [1.165, 1.54) is 0 Å². The molecule has 5 rings (SSSR count). The molecule has 3 heterocycles. The fraction of sp³-hybridized carbons (Fsp3) is 0.385. The van der Waals surface area contributed by atoms with Gasteiger partial charge in [-0.15, -0.1) is 5.10 Å². The van der Waals surface area contributed by atoms with Gasteiger partial charge in [0.25, 0.3) is 0 Å². The van der Waals surface area contributed by atoms with Crippen molar-refractivity contribution in [2.45, 2.75) is 25.8 Å². The molecule has 8 nitrogen and oxygen atoms in total. The van der Waals surface area contributed by atoms with Crippen LogP contribution in [-0.2, 0) is 15.1 Å². The van der Waals surface area contributed by atoms with Crippen molar-refractivity contribution in [2.75, 3.05) is 37.6 Å². The Balaban J connectivity index is 1.23. The summed E-state index contributed by atoms with van der Waals surface area (Å²) in [4.78, 5) is 32.3. The first kappa shape index (κ1) is 26.3. The highest BCUT2D eigenvalue weighted by atomic mass is 79.9. The fourth-order valence-electron chi connectivity index (χ4n) is 5.02. The number of rotatable bonds is 5. The number of benzene rings is 2. The Bertz CT molecular complexity index is 1340. The van der Waals surface area contributed by atoms with Gasteiger partial charge >= 0.3 is 0 Å². The molecule has 0 saturated carbocycles. The zero-order valence-corrected chi connectivity index (χ0v) is 24.5. The summed E-state index contributed by atoms with van der Waals surface area (Å²) in [5, 5.41) is 9.33. The van der Waals surface area contributed by atoms with E-state index in [1.807, 2.05) is 53.6 Å². The van der Waals surface area contributed by atoms with Crippen molar-refractivity contribution in [2.24, 2.45) is 5.92 Å². The molecule has 2 aliphatic heterocycles. The number of aromatic nitrogens is 3. The number of carbonyl (C=O) groups excluding carboxylic acids is 2. The van der Waals surface area contributed by atoms with Gasteiger partial charge in [-0.3, -0.25) is 14.5 Å². The van der Waals surface area contributed by atoms with Crippen molar-refractivity contribution in [3.05, 3.63) is 68.3 Å². The normalized spacial score (nSPS) is 19.1. The summed E-state index contributed by atoms with van der Waals surface area (Å²) in [5.74, 6) is -0.821. The summed E-state index contributed by atoms with van der Waals surface area (Å²) in [6.07, 6.45) is 2.44. The molecule has 2 saturated heterocycles. The van der Waals surface area contributed by atoms with Gasteiger partial charge in [0.05, 0.1) is 28.1 Å². The third kappa shape index (κ3) is 5.08. The molecule has 1 aromatic heterocycles. The van der Waals surface area contributed by atoms with Crippen molar-refractivity contribution in [3.8, 4) is 5.69 Å². The smallest absolute Gasteiger partial charge is 0.239 e. The molecule has 0 radical (unpaired) electrons. The summed E-state index contributed by atoms with van der Waals surface area (Å²) < 4.78 is 3.44. The molecule has 2 amide bonds. The maximum atomic E-state index is 13.3. The van der Waals surface area contributed by atoms with Gasteiger partial charge in [-0.25, -0.2) is 4.68 Å². The number of amides is 2. The highest BCUT2D eigenvalue weighted by molar-refractivity contribution is 9.10. The van der Waals surface area contributed by atoms with Crippen LogP contribution < -0.4 is 4.90 Å². The Morgan fingerprint density at radius 2 is 1.76 bits per heavy atom. The molecule has 0 N–H and O–H groups in total. The van der Waals surface area contributed by atoms with Crippen LogP contribution in [0.1, 0.15) is 26.0 Å². The minimum Gasteiger partial charge on any atom is -0.339 e. The highest BCUT2D eigenvalue weighted by Gasteiger charge is 2.42. The van der Waals surface area contributed by atoms with E-state index in [2.05, 4.69) is 60.9 Å². The quantitative estimate of drug-likeness (QED) is 0.369. The molecule has 0 aliphatic carbocycles. The van der Waals surface area contributed by atoms with E-state index in [9.17, 15) is 9.59 Å². The van der Waals surface area contributed by atoms with Gasteiger partial charge in [0, 0.05) is 41.7 Å². The van der Waals surface area contributed by atoms with E-state index >= 15 is 0 Å². The Morgan fingerprint density at radius 1 is 1.03 bits per heavy atom. The van der Waals surface area contributed by atoms with E-state index in [1.54, 1.807) is 9.58 Å². The van der Waals surface area contributed by atoms with Crippen LogP contribution in [0.15, 0.2) is 57.6 Å². The molecule has 37 heavy (non-hydrogen) atoms. The van der Waals surface area contributed by atoms with Crippen molar-refractivity contribution >= 4 is 61.0 Å². The van der Waals surface area contributed by atoms with Crippen molar-refractivity contribution in [1.29, 1.82) is 0 Å². The molecule has 0 bridgehead atoms. The summed E-state index contributed by atoms with van der Waals surface area (Å²) in [6.45, 7) is 7.25. The van der Waals surface area contributed by atoms with Gasteiger partial charge in [0.15, 0.2) is 0 Å². The molecule has 2 aliphatic rings. The van der Waals surface area contributed by atoms with E-state index in [-0.39, 0.29) is 11.8 Å². The predicted molar refractivity (Wildman–Crippen MR) is 150 cm³/mol. The molecule has 1 unspecified atom stereocenters. The van der Waals surface area contributed by atoms with Gasteiger partial charge in [0.1, 0.15) is 11.6 Å². The number of nitrogens with zero attached hydrogens (tertiary/aromatic N) is 6. The first-order valence-electron chi connectivity index (χ1n) is 12.1. The van der Waals surface area contributed by atoms with Crippen LogP contribution in [0.4, 0.5) is 5.69 Å². The summed E-state index contributed by atoms with van der Waals surface area (Å²) in [7, 11) is 0. The van der Waals surface area contributed by atoms with Gasteiger partial charge < -0.3 is 9.80 Å². The van der Waals surface area contributed by atoms with Crippen LogP contribution in [0.3, 0.4) is 0 Å². The van der Waals surface area contributed by atoms with Crippen LogP contribution >= 0.6 is 43.5 Å². The second-order valence-corrected chi connectivity index (χ2v) is 12.0. The molecular weight excluding hydrogens is 624 g/mol. The average Bonchev–Trinajstić information content (AvgIpc) is 3.52. The summed E-state index contributed by atoms with van der Waals surface area (Å²) in [5.41, 5.74) is 2.00. The Labute approximate surface area is 237 Å². The first-order valence-corrected chi connectivity index (χ1v) is 14.1. The van der Waals surface area contributed by atoms with Gasteiger partial charge in [-0.1, -0.05) is 44.9 Å². The van der Waals surface area contributed by atoms with Crippen molar-refractivity contribution < 1.29 is 9.59 Å². The summed E-state index contributed by atoms with van der Waals surface area (Å²) in [6, 6.07) is 13.2. The Hall–Kier alpha value is -2.27. The van der Waals surface area contributed by atoms with Crippen LogP contribution in [0, 0.1) is 5.92 Å². The molecule has 1 atom stereocenters. The Kier molecular flexibility index (Phi) is 7.46. The lowest BCUT2D eigenvalue weighted by atomic mass is 9.97. The number of piperazine rings is 1. The largest absolute Gasteiger partial charge is 0.339 e. The fourth-order valence-corrected chi connectivity index (χ4v) is 6.27. The molecule has 194 valence electrons. The van der Waals surface area contributed by atoms with E-state index in [4.69, 9.17) is 11.6 Å². The van der Waals surface area contributed by atoms with Crippen LogP contribution in [0.25, 0.3) is 5.69 Å². The zero-order chi connectivity index (χ0) is 26.3. The molecule has 11 heteroatoms. The molecular formula is C26H27Br2ClN6O2. The van der Waals surface area contributed by atoms with Crippen LogP contribution in [-0.4, -0.2) is 69.3 Å². The maximum Gasteiger partial charge on any atom is 0.239 e. The predicted octanol–water partition coefficient (Wildman–Crippen LogP) is 4.88. The number of hydrogen-bond acceptors (Lipinski definition) is 5. The second kappa shape index (κ2) is 10.5. The number of carbonyl (C=O) groups is 2. The van der Waals surface area contributed by atoms with Crippen LogP contribution in [0.2, 0.25) is 5.02 Å². The average molecular weight is 651 g/mol. The summed E-state index contributed by atoms with van der Waals surface area (Å²) >= 11 is 13.3. The van der Waals surface area contributed by atoms with Gasteiger partial charge in [0.2, 0.25) is 11.8 Å². The van der Waals surface area contributed by atoms with E-state index in [0.29, 0.717) is 44.2 Å². The maximum absolute atomic E-state index is 13.3. The zero-order valence-electron chi connectivity index (χ0n) is 20.6. The molecule has 3 aromatic rings. The van der Waals surface area contributed by atoms with Gasteiger partial charge in [-0.05, 0) is 66.5 Å². The second-order valence-electron chi connectivity index (χ2n) is 9.80. The van der Waals surface area contributed by atoms with Crippen LogP contribution in [0.5, 0.6) is 0 Å². The monoisotopic (exact) mass is 648 g/mol. The number of anilines is 1. The third-order valence-electron chi connectivity index (χ3n) is 7.31. The lowest BCUT2D eigenvalue weighted by Gasteiger charge is -2.43. The molecule has 2 fully saturated rings. The van der Waals surface area contributed by atoms with Gasteiger partial charge in [-0.2, -0.15) is 0 Å². The number of para-hydroxylation sites is 1. The van der Waals surface area contributed by atoms with E-state index in [0.717, 1.165) is 26.0 Å². The molecule has 2 aromatic carbocycles. The first-order chi connectivity index (χ1) is 17.7. The Morgan fingerprint density at radius 3 is 2.46 bits per heavy atom. The van der Waals surface area contributed by atoms with E-state index < -0.39 is 11.5 Å². The topological polar surface area (TPSA) is 74.6 Å². The van der Waals surface area contributed by atoms with Crippen molar-refractivity contribution in [3.63, 3.8) is 0 Å². The SMILES string of the molecule is CC(C)(c1cn(-c2ccc(Br)cc2Cl)nn1)N1CCN(C(=O)C2CCN(c3ccccc3Br)C2=O)CC1. The minimum atomic E-state index is -0.623.